The van der Waals surface area contributed by atoms with Crippen molar-refractivity contribution >= 4 is 39.5 Å². The molecule has 0 bridgehead atoms. The average molecular weight is 502 g/mol. The molecule has 0 radical (unpaired) electrons. The van der Waals surface area contributed by atoms with Gasteiger partial charge >= 0.3 is 12.0 Å². The molecule has 0 saturated heterocycles. The lowest BCUT2D eigenvalue weighted by molar-refractivity contribution is 0.0600. The molecule has 6 rings (SSSR count). The van der Waals surface area contributed by atoms with Crippen LogP contribution in [0, 0.1) is 6.92 Å². The van der Waals surface area contributed by atoms with Crippen molar-refractivity contribution in [2.24, 2.45) is 0 Å². The molecule has 0 aliphatic rings. The van der Waals surface area contributed by atoms with Crippen molar-refractivity contribution in [2.75, 3.05) is 12.4 Å². The maximum absolute atomic E-state index is 13.0. The van der Waals surface area contributed by atoms with Crippen molar-refractivity contribution in [1.82, 2.24) is 19.5 Å². The number of H-pyrrole nitrogens is 1. The summed E-state index contributed by atoms with van der Waals surface area (Å²) < 4.78 is 6.34. The molecule has 1 amide bonds. The monoisotopic (exact) mass is 501 g/mol. The van der Waals surface area contributed by atoms with Gasteiger partial charge in [-0.15, -0.1) is 0 Å². The van der Waals surface area contributed by atoms with Crippen LogP contribution < -0.4 is 5.32 Å². The lowest BCUT2D eigenvalue weighted by Crippen LogP contribution is -2.18. The van der Waals surface area contributed by atoms with Crippen molar-refractivity contribution in [3.8, 4) is 22.5 Å². The molecular weight excluding hydrogens is 478 g/mol. The summed E-state index contributed by atoms with van der Waals surface area (Å²) in [6, 6.07) is 22.5. The first kappa shape index (κ1) is 23.2. The number of hydrogen-bond donors (Lipinski definition) is 2. The summed E-state index contributed by atoms with van der Waals surface area (Å²) in [7, 11) is 1.36. The smallest absolute Gasteiger partial charge is 0.337 e. The minimum atomic E-state index is -0.381. The summed E-state index contributed by atoms with van der Waals surface area (Å²) >= 11 is 0. The van der Waals surface area contributed by atoms with E-state index in [0.717, 1.165) is 44.2 Å². The van der Waals surface area contributed by atoms with Crippen LogP contribution in [0.25, 0.3) is 44.3 Å². The number of carbonyl (C=O) groups is 2. The predicted molar refractivity (Wildman–Crippen MR) is 147 cm³/mol. The first-order valence-corrected chi connectivity index (χ1v) is 12.0. The number of nitrogens with one attached hydrogen (secondary N) is 2. The molecule has 0 spiro atoms. The fourth-order valence-electron chi connectivity index (χ4n) is 4.62. The molecule has 38 heavy (non-hydrogen) atoms. The van der Waals surface area contributed by atoms with Crippen LogP contribution in [0.2, 0.25) is 0 Å². The molecule has 8 heteroatoms. The zero-order valence-corrected chi connectivity index (χ0v) is 20.7. The lowest BCUT2D eigenvalue weighted by atomic mass is 10.0. The summed E-state index contributed by atoms with van der Waals surface area (Å²) in [6.45, 7) is 1.96. The summed E-state index contributed by atoms with van der Waals surface area (Å²) in [5, 5.41) is 5.88. The van der Waals surface area contributed by atoms with E-state index >= 15 is 0 Å². The molecule has 0 unspecified atom stereocenters. The number of methoxy groups -OCH3 is 1. The number of rotatable bonds is 4. The first-order valence-electron chi connectivity index (χ1n) is 12.0. The van der Waals surface area contributed by atoms with Crippen molar-refractivity contribution in [3.05, 3.63) is 103 Å². The normalized spacial score (nSPS) is 11.1. The van der Waals surface area contributed by atoms with Gasteiger partial charge in [-0.2, -0.15) is 0 Å². The molecule has 6 aromatic rings. The molecule has 0 aliphatic heterocycles. The Morgan fingerprint density at radius 2 is 1.66 bits per heavy atom. The van der Waals surface area contributed by atoms with Crippen LogP contribution in [0.1, 0.15) is 15.9 Å². The minimum Gasteiger partial charge on any atom is -0.465 e. The van der Waals surface area contributed by atoms with Gasteiger partial charge in [-0.3, -0.25) is 4.57 Å². The number of aromatic amines is 1. The molecule has 3 aromatic carbocycles. The SMILES string of the molecule is COC(=O)c1ccc(-c2cc3c(-c4cccc(NC(=O)n5cc6ccccc6c5)c4C)ncnc3[nH]2)cc1. The Morgan fingerprint density at radius 1 is 0.921 bits per heavy atom. The fourth-order valence-corrected chi connectivity index (χ4v) is 4.62. The van der Waals surface area contributed by atoms with Crippen LogP contribution in [0.3, 0.4) is 0 Å². The zero-order valence-electron chi connectivity index (χ0n) is 20.7. The molecule has 0 atom stereocenters. The number of aromatic nitrogens is 4. The standard InChI is InChI=1S/C30H23N5O3/c1-18-23(8-5-9-25(18)34-30(37)35-15-21-6-3-4-7-22(21)16-35)27-24-14-26(33-28(24)32-17-31-27)19-10-12-20(13-11-19)29(36)38-2/h3-17H,1-2H3,(H,34,37)(H,31,32,33). The molecule has 3 aromatic heterocycles. The maximum Gasteiger partial charge on any atom is 0.337 e. The zero-order chi connectivity index (χ0) is 26.2. The van der Waals surface area contributed by atoms with Gasteiger partial charge in [0.15, 0.2) is 0 Å². The number of benzene rings is 3. The second-order valence-corrected chi connectivity index (χ2v) is 8.94. The van der Waals surface area contributed by atoms with Crippen molar-refractivity contribution in [2.45, 2.75) is 6.92 Å². The van der Waals surface area contributed by atoms with Crippen LogP contribution >= 0.6 is 0 Å². The molecule has 0 aliphatic carbocycles. The third-order valence-electron chi connectivity index (χ3n) is 6.66. The van der Waals surface area contributed by atoms with E-state index in [9.17, 15) is 9.59 Å². The fraction of sp³-hybridized carbons (Fsp3) is 0.0667. The third-order valence-corrected chi connectivity index (χ3v) is 6.66. The Balaban J connectivity index is 1.34. The maximum atomic E-state index is 13.0. The minimum absolute atomic E-state index is 0.242. The van der Waals surface area contributed by atoms with Crippen LogP contribution in [0.4, 0.5) is 10.5 Å². The van der Waals surface area contributed by atoms with E-state index in [1.807, 2.05) is 80.0 Å². The van der Waals surface area contributed by atoms with Gasteiger partial charge < -0.3 is 15.0 Å². The van der Waals surface area contributed by atoms with E-state index in [-0.39, 0.29) is 12.0 Å². The van der Waals surface area contributed by atoms with Crippen LogP contribution in [0.15, 0.2) is 91.5 Å². The Hall–Kier alpha value is -5.24. The number of esters is 1. The molecule has 8 nitrogen and oxygen atoms in total. The number of ether oxygens (including phenoxy) is 1. The van der Waals surface area contributed by atoms with Crippen LogP contribution in [-0.2, 0) is 4.74 Å². The van der Waals surface area contributed by atoms with Crippen molar-refractivity contribution in [3.63, 3.8) is 0 Å². The van der Waals surface area contributed by atoms with Gasteiger partial charge in [-0.05, 0) is 53.1 Å². The van der Waals surface area contributed by atoms with Crippen LogP contribution in [0.5, 0.6) is 0 Å². The summed E-state index contributed by atoms with van der Waals surface area (Å²) in [6.07, 6.45) is 5.15. The van der Waals surface area contributed by atoms with E-state index in [1.165, 1.54) is 13.4 Å². The van der Waals surface area contributed by atoms with Crippen LogP contribution in [-0.4, -0.2) is 38.6 Å². The van der Waals surface area contributed by atoms with E-state index < -0.39 is 0 Å². The molecular formula is C30H23N5O3. The highest BCUT2D eigenvalue weighted by atomic mass is 16.5. The Morgan fingerprint density at radius 3 is 2.37 bits per heavy atom. The third kappa shape index (κ3) is 4.08. The van der Waals surface area contributed by atoms with Gasteiger partial charge in [0, 0.05) is 34.7 Å². The average Bonchev–Trinajstić information content (AvgIpc) is 3.59. The topological polar surface area (TPSA) is 102 Å². The van der Waals surface area contributed by atoms with Crippen molar-refractivity contribution < 1.29 is 14.3 Å². The Bertz CT molecular complexity index is 1800. The molecule has 0 fully saturated rings. The van der Waals surface area contributed by atoms with Crippen molar-refractivity contribution in [1.29, 1.82) is 0 Å². The summed E-state index contributed by atoms with van der Waals surface area (Å²) in [4.78, 5) is 37.2. The number of nitrogens with zero attached hydrogens (tertiary/aromatic N) is 3. The van der Waals surface area contributed by atoms with Gasteiger partial charge in [0.1, 0.15) is 12.0 Å². The van der Waals surface area contributed by atoms with E-state index in [0.29, 0.717) is 16.9 Å². The quantitative estimate of drug-likeness (QED) is 0.271. The van der Waals surface area contributed by atoms with Gasteiger partial charge in [-0.25, -0.2) is 19.6 Å². The molecule has 0 saturated carbocycles. The Labute approximate surface area is 217 Å². The predicted octanol–water partition coefficient (Wildman–Crippen LogP) is 6.42. The number of carbonyl (C=O) groups excluding carboxylic acids is 2. The lowest BCUT2D eigenvalue weighted by Gasteiger charge is -2.13. The highest BCUT2D eigenvalue weighted by molar-refractivity contribution is 5.99. The molecule has 2 N–H and O–H groups in total. The van der Waals surface area contributed by atoms with Gasteiger partial charge in [-0.1, -0.05) is 48.5 Å². The summed E-state index contributed by atoms with van der Waals surface area (Å²) in [5.41, 5.74) is 6.15. The molecule has 186 valence electrons. The molecule has 3 heterocycles. The number of amides is 1. The highest BCUT2D eigenvalue weighted by Crippen LogP contribution is 2.34. The second kappa shape index (κ2) is 9.33. The number of anilines is 1. The highest BCUT2D eigenvalue weighted by Gasteiger charge is 2.16. The van der Waals surface area contributed by atoms with Gasteiger partial charge in [0.2, 0.25) is 0 Å². The van der Waals surface area contributed by atoms with E-state index in [1.54, 1.807) is 16.7 Å². The van der Waals surface area contributed by atoms with E-state index in [2.05, 4.69) is 20.3 Å². The summed E-state index contributed by atoms with van der Waals surface area (Å²) in [5.74, 6) is -0.381. The largest absolute Gasteiger partial charge is 0.465 e. The number of hydrogen-bond acceptors (Lipinski definition) is 5. The number of fused-ring (bicyclic) bond motifs is 2. The first-order chi connectivity index (χ1) is 18.5. The van der Waals surface area contributed by atoms with Gasteiger partial charge in [0.05, 0.1) is 18.4 Å². The Kier molecular flexibility index (Phi) is 5.69. The van der Waals surface area contributed by atoms with E-state index in [4.69, 9.17) is 4.74 Å². The second-order valence-electron chi connectivity index (χ2n) is 8.94. The van der Waals surface area contributed by atoms with Gasteiger partial charge in [0.25, 0.3) is 0 Å².